The first-order valence-electron chi connectivity index (χ1n) is 6.50. The molecule has 1 aromatic heterocycles. The number of aromatic nitrogens is 2. The number of hydrogen-bond acceptors (Lipinski definition) is 3. The maximum absolute atomic E-state index is 12.0. The van der Waals surface area contributed by atoms with Crippen LogP contribution in [0.1, 0.15) is 56.3 Å². The van der Waals surface area contributed by atoms with Gasteiger partial charge in [-0.15, -0.1) is 0 Å². The van der Waals surface area contributed by atoms with Crippen molar-refractivity contribution < 1.29 is 0 Å². The molecule has 3 N–H and O–H groups in total. The Morgan fingerprint density at radius 1 is 1.47 bits per heavy atom. The van der Waals surface area contributed by atoms with Crippen LogP contribution < -0.4 is 11.3 Å². The maximum Gasteiger partial charge on any atom is 0.254 e. The first-order chi connectivity index (χ1) is 8.16. The molecule has 2 rings (SSSR count). The number of H-pyrrole nitrogens is 1. The minimum Gasteiger partial charge on any atom is -0.328 e. The summed E-state index contributed by atoms with van der Waals surface area (Å²) in [4.78, 5) is 19.2. The SMILES string of the molecule is CC(N)Cc1ncc(C2CCCCC2)c(=O)[nH]1. The zero-order chi connectivity index (χ0) is 12.3. The fourth-order valence-electron chi connectivity index (χ4n) is 2.55. The second kappa shape index (κ2) is 5.45. The lowest BCUT2D eigenvalue weighted by Crippen LogP contribution is -2.24. The van der Waals surface area contributed by atoms with E-state index in [0.717, 1.165) is 18.4 Å². The molecule has 0 saturated heterocycles. The molecule has 1 aliphatic rings. The monoisotopic (exact) mass is 235 g/mol. The first-order valence-corrected chi connectivity index (χ1v) is 6.50. The Bertz CT molecular complexity index is 419. The minimum absolute atomic E-state index is 0.0266. The average Bonchev–Trinajstić information content (AvgIpc) is 2.29. The molecule has 0 radical (unpaired) electrons. The smallest absolute Gasteiger partial charge is 0.254 e. The first kappa shape index (κ1) is 12.3. The lowest BCUT2D eigenvalue weighted by molar-refractivity contribution is 0.439. The minimum atomic E-state index is 0.0266. The van der Waals surface area contributed by atoms with Crippen LogP contribution in [0.5, 0.6) is 0 Å². The molecule has 0 aliphatic heterocycles. The van der Waals surface area contributed by atoms with E-state index in [9.17, 15) is 4.79 Å². The molecular weight excluding hydrogens is 214 g/mol. The molecule has 1 aliphatic carbocycles. The van der Waals surface area contributed by atoms with Gasteiger partial charge in [0.1, 0.15) is 5.82 Å². The topological polar surface area (TPSA) is 71.8 Å². The van der Waals surface area contributed by atoms with E-state index >= 15 is 0 Å². The van der Waals surface area contributed by atoms with E-state index in [1.54, 1.807) is 6.20 Å². The van der Waals surface area contributed by atoms with E-state index in [2.05, 4.69) is 9.97 Å². The van der Waals surface area contributed by atoms with E-state index in [0.29, 0.717) is 18.2 Å². The molecule has 0 amide bonds. The molecule has 1 saturated carbocycles. The number of nitrogens with zero attached hydrogens (tertiary/aromatic N) is 1. The largest absolute Gasteiger partial charge is 0.328 e. The normalized spacial score (nSPS) is 19.2. The zero-order valence-electron chi connectivity index (χ0n) is 10.4. The predicted molar refractivity (Wildman–Crippen MR) is 68.0 cm³/mol. The van der Waals surface area contributed by atoms with Crippen molar-refractivity contribution in [2.75, 3.05) is 0 Å². The zero-order valence-corrected chi connectivity index (χ0v) is 10.4. The van der Waals surface area contributed by atoms with Crippen molar-refractivity contribution in [2.24, 2.45) is 5.73 Å². The predicted octanol–water partition coefficient (Wildman–Crippen LogP) is 1.71. The van der Waals surface area contributed by atoms with Crippen molar-refractivity contribution in [3.05, 3.63) is 27.9 Å². The summed E-state index contributed by atoms with van der Waals surface area (Å²) in [6.07, 6.45) is 8.38. The van der Waals surface area contributed by atoms with E-state index < -0.39 is 0 Å². The van der Waals surface area contributed by atoms with Gasteiger partial charge < -0.3 is 10.7 Å². The average molecular weight is 235 g/mol. The summed E-state index contributed by atoms with van der Waals surface area (Å²) < 4.78 is 0. The molecule has 4 heteroatoms. The molecule has 1 aromatic rings. The number of nitrogens with two attached hydrogens (primary N) is 1. The summed E-state index contributed by atoms with van der Waals surface area (Å²) >= 11 is 0. The molecule has 0 aromatic carbocycles. The van der Waals surface area contributed by atoms with Crippen LogP contribution in [-0.4, -0.2) is 16.0 Å². The molecule has 0 spiro atoms. The van der Waals surface area contributed by atoms with Gasteiger partial charge >= 0.3 is 0 Å². The summed E-state index contributed by atoms with van der Waals surface area (Å²) in [7, 11) is 0. The lowest BCUT2D eigenvalue weighted by atomic mass is 9.85. The third-order valence-corrected chi connectivity index (χ3v) is 3.44. The van der Waals surface area contributed by atoms with Crippen LogP contribution in [0.15, 0.2) is 11.0 Å². The van der Waals surface area contributed by atoms with Gasteiger partial charge in [-0.3, -0.25) is 4.79 Å². The van der Waals surface area contributed by atoms with Crippen LogP contribution in [0.2, 0.25) is 0 Å². The van der Waals surface area contributed by atoms with Gasteiger partial charge in [0.2, 0.25) is 0 Å². The van der Waals surface area contributed by atoms with E-state index in [1.807, 2.05) is 6.92 Å². The second-order valence-electron chi connectivity index (χ2n) is 5.13. The molecule has 1 unspecified atom stereocenters. The molecule has 4 nitrogen and oxygen atoms in total. The van der Waals surface area contributed by atoms with Gasteiger partial charge in [0.15, 0.2) is 0 Å². The van der Waals surface area contributed by atoms with Gasteiger partial charge in [0.05, 0.1) is 0 Å². The number of rotatable bonds is 3. The summed E-state index contributed by atoms with van der Waals surface area (Å²) in [5.41, 5.74) is 6.58. The molecular formula is C13H21N3O. The second-order valence-corrected chi connectivity index (χ2v) is 5.13. The molecule has 1 atom stereocenters. The number of hydrogen-bond donors (Lipinski definition) is 2. The number of aromatic amines is 1. The molecule has 1 heterocycles. The highest BCUT2D eigenvalue weighted by Crippen LogP contribution is 2.30. The van der Waals surface area contributed by atoms with Crippen molar-refractivity contribution in [3.8, 4) is 0 Å². The van der Waals surface area contributed by atoms with Crippen LogP contribution >= 0.6 is 0 Å². The highest BCUT2D eigenvalue weighted by atomic mass is 16.1. The number of nitrogens with one attached hydrogen (secondary N) is 1. The van der Waals surface area contributed by atoms with Crippen molar-refractivity contribution >= 4 is 0 Å². The van der Waals surface area contributed by atoms with Gasteiger partial charge in [-0.05, 0) is 25.7 Å². The quantitative estimate of drug-likeness (QED) is 0.837. The van der Waals surface area contributed by atoms with Crippen molar-refractivity contribution in [1.82, 2.24) is 9.97 Å². The summed E-state index contributed by atoms with van der Waals surface area (Å²) in [5, 5.41) is 0. The van der Waals surface area contributed by atoms with Gasteiger partial charge in [-0.1, -0.05) is 19.3 Å². The maximum atomic E-state index is 12.0. The highest BCUT2D eigenvalue weighted by molar-refractivity contribution is 5.13. The summed E-state index contributed by atoms with van der Waals surface area (Å²) in [5.74, 6) is 1.11. The third kappa shape index (κ3) is 3.16. The fraction of sp³-hybridized carbons (Fsp3) is 0.692. The Morgan fingerprint density at radius 2 is 2.18 bits per heavy atom. The van der Waals surface area contributed by atoms with Crippen LogP contribution in [0.3, 0.4) is 0 Å². The van der Waals surface area contributed by atoms with Gasteiger partial charge in [0.25, 0.3) is 5.56 Å². The molecule has 94 valence electrons. The Balaban J connectivity index is 2.16. The van der Waals surface area contributed by atoms with Crippen LogP contribution in [0.4, 0.5) is 0 Å². The van der Waals surface area contributed by atoms with Crippen molar-refractivity contribution in [2.45, 2.75) is 57.4 Å². The van der Waals surface area contributed by atoms with Crippen LogP contribution in [0, 0.1) is 0 Å². The van der Waals surface area contributed by atoms with Crippen LogP contribution in [0.25, 0.3) is 0 Å². The van der Waals surface area contributed by atoms with Crippen LogP contribution in [-0.2, 0) is 6.42 Å². The summed E-state index contributed by atoms with van der Waals surface area (Å²) in [6.45, 7) is 1.91. The Hall–Kier alpha value is -1.16. The van der Waals surface area contributed by atoms with E-state index in [-0.39, 0.29) is 11.6 Å². The third-order valence-electron chi connectivity index (χ3n) is 3.44. The summed E-state index contributed by atoms with van der Waals surface area (Å²) in [6, 6.07) is 0.0266. The molecule has 1 fully saturated rings. The molecule has 0 bridgehead atoms. The Kier molecular flexibility index (Phi) is 3.94. The van der Waals surface area contributed by atoms with E-state index in [1.165, 1.54) is 19.3 Å². The standard InChI is InChI=1S/C13H21N3O/c1-9(14)7-12-15-8-11(13(17)16-12)10-5-3-2-4-6-10/h8-10H,2-7,14H2,1H3,(H,15,16,17). The molecule has 17 heavy (non-hydrogen) atoms. The van der Waals surface area contributed by atoms with E-state index in [4.69, 9.17) is 5.73 Å². The Morgan fingerprint density at radius 3 is 2.76 bits per heavy atom. The highest BCUT2D eigenvalue weighted by Gasteiger charge is 2.18. The van der Waals surface area contributed by atoms with Gasteiger partial charge in [-0.25, -0.2) is 4.98 Å². The fourth-order valence-corrected chi connectivity index (χ4v) is 2.55. The lowest BCUT2D eigenvalue weighted by Gasteiger charge is -2.20. The Labute approximate surface area is 102 Å². The van der Waals surface area contributed by atoms with Gasteiger partial charge in [-0.2, -0.15) is 0 Å². The van der Waals surface area contributed by atoms with Gasteiger partial charge in [0, 0.05) is 24.2 Å². The van der Waals surface area contributed by atoms with Crippen molar-refractivity contribution in [1.29, 1.82) is 0 Å². The van der Waals surface area contributed by atoms with Crippen molar-refractivity contribution in [3.63, 3.8) is 0 Å².